The van der Waals surface area contributed by atoms with Crippen molar-refractivity contribution < 1.29 is 21.7 Å². The summed E-state index contributed by atoms with van der Waals surface area (Å²) < 4.78 is 41.7. The molecule has 0 radical (unpaired) electrons. The van der Waals surface area contributed by atoms with E-state index in [1.54, 1.807) is 35.2 Å². The average molecular weight is 313 g/mol. The third-order valence-corrected chi connectivity index (χ3v) is 8.62. The Hall–Kier alpha value is 0.00688. The summed E-state index contributed by atoms with van der Waals surface area (Å²) in [5, 5.41) is 0. The molecule has 0 fully saturated rings. The molecule has 0 heterocycles. The first kappa shape index (κ1) is 19.0. The van der Waals surface area contributed by atoms with Gasteiger partial charge in [-0.05, 0) is 26.7 Å². The highest BCUT2D eigenvalue weighted by molar-refractivity contribution is 7.90. The monoisotopic (exact) mass is 313 g/mol. The van der Waals surface area contributed by atoms with Crippen molar-refractivity contribution in [3.8, 4) is 0 Å². The Morgan fingerprint density at radius 2 is 1.58 bits per heavy atom. The van der Waals surface area contributed by atoms with Crippen LogP contribution >= 0.6 is 0 Å². The van der Waals surface area contributed by atoms with Gasteiger partial charge in [0.15, 0.2) is 0 Å². The van der Waals surface area contributed by atoms with E-state index in [4.69, 9.17) is 13.3 Å². The Morgan fingerprint density at radius 3 is 1.95 bits per heavy atom. The van der Waals surface area contributed by atoms with Crippen molar-refractivity contribution in [3.63, 3.8) is 0 Å². The number of sulfonamides is 1. The number of rotatable bonds is 10. The van der Waals surface area contributed by atoms with Gasteiger partial charge in [0.2, 0.25) is 10.0 Å². The molecule has 0 aliphatic rings. The molecule has 0 aliphatic heterocycles. The first-order valence-corrected chi connectivity index (χ1v) is 9.76. The normalized spacial score (nSPS) is 13.8. The number of nitrogens with one attached hydrogen (secondary N) is 1. The highest BCUT2D eigenvalue weighted by Gasteiger charge is 2.37. The summed E-state index contributed by atoms with van der Waals surface area (Å²) in [5.41, 5.74) is 0. The van der Waals surface area contributed by atoms with Crippen LogP contribution in [0.2, 0.25) is 6.04 Å². The molecule has 116 valence electrons. The zero-order valence-corrected chi connectivity index (χ0v) is 14.6. The average Bonchev–Trinajstić information content (AvgIpc) is 2.39. The summed E-state index contributed by atoms with van der Waals surface area (Å²) in [6.45, 7) is 5.65. The minimum Gasteiger partial charge on any atom is -0.377 e. The Labute approximate surface area is 118 Å². The fourth-order valence-electron chi connectivity index (χ4n) is 1.45. The Balaban J connectivity index is 4.33. The quantitative estimate of drug-likeness (QED) is 0.487. The van der Waals surface area contributed by atoms with Gasteiger partial charge in [-0.3, -0.25) is 0 Å². The van der Waals surface area contributed by atoms with Crippen LogP contribution in [0, 0.1) is 0 Å². The molecule has 19 heavy (non-hydrogen) atoms. The van der Waals surface area contributed by atoms with Crippen LogP contribution in [-0.4, -0.2) is 49.8 Å². The zero-order chi connectivity index (χ0) is 15.2. The highest BCUT2D eigenvalue weighted by Crippen LogP contribution is 2.19. The summed E-state index contributed by atoms with van der Waals surface area (Å²) in [4.78, 5) is 0. The molecule has 8 heteroatoms. The molecule has 0 aliphatic carbocycles. The molecular formula is C11H27NO5SSi. The predicted octanol–water partition coefficient (Wildman–Crippen LogP) is 1.36. The molecule has 0 aromatic carbocycles. The van der Waals surface area contributed by atoms with E-state index in [1.165, 1.54) is 0 Å². The van der Waals surface area contributed by atoms with Crippen LogP contribution in [0.4, 0.5) is 0 Å². The van der Waals surface area contributed by atoms with Gasteiger partial charge in [-0.25, -0.2) is 13.1 Å². The minimum atomic E-state index is -3.30. The van der Waals surface area contributed by atoms with Gasteiger partial charge in [0.1, 0.15) is 0 Å². The van der Waals surface area contributed by atoms with Gasteiger partial charge in [0, 0.05) is 33.9 Å². The largest absolute Gasteiger partial charge is 0.500 e. The maximum absolute atomic E-state index is 12.0. The van der Waals surface area contributed by atoms with Crippen molar-refractivity contribution in [1.29, 1.82) is 0 Å². The van der Waals surface area contributed by atoms with Gasteiger partial charge >= 0.3 is 8.80 Å². The van der Waals surface area contributed by atoms with E-state index < -0.39 is 23.6 Å². The van der Waals surface area contributed by atoms with Gasteiger partial charge in [-0.15, -0.1) is 0 Å². The first-order chi connectivity index (χ1) is 8.70. The van der Waals surface area contributed by atoms with E-state index in [-0.39, 0.29) is 0 Å². The molecule has 0 atom stereocenters. The lowest BCUT2D eigenvalue weighted by atomic mass is 10.1. The second-order valence-corrected chi connectivity index (χ2v) is 10.4. The Morgan fingerprint density at radius 1 is 1.11 bits per heavy atom. The molecule has 0 bridgehead atoms. The van der Waals surface area contributed by atoms with Crippen LogP contribution < -0.4 is 4.72 Å². The van der Waals surface area contributed by atoms with Crippen LogP contribution in [-0.2, 0) is 23.3 Å². The SMILES string of the molecule is CCC(C)(C)S(=O)(=O)NCCC[Si](OC)(OC)OC. The summed E-state index contributed by atoms with van der Waals surface area (Å²) in [5.74, 6) is 0. The van der Waals surface area contributed by atoms with Gasteiger partial charge < -0.3 is 13.3 Å². The van der Waals surface area contributed by atoms with E-state index in [2.05, 4.69) is 4.72 Å². The van der Waals surface area contributed by atoms with Gasteiger partial charge in [0.05, 0.1) is 4.75 Å². The fourth-order valence-corrected chi connectivity index (χ4v) is 4.36. The van der Waals surface area contributed by atoms with Crippen molar-refractivity contribution in [3.05, 3.63) is 0 Å². The number of hydrogen-bond acceptors (Lipinski definition) is 5. The molecule has 0 saturated carbocycles. The lowest BCUT2D eigenvalue weighted by Crippen LogP contribution is -2.44. The van der Waals surface area contributed by atoms with E-state index in [0.717, 1.165) is 0 Å². The summed E-state index contributed by atoms with van der Waals surface area (Å²) >= 11 is 0. The van der Waals surface area contributed by atoms with Crippen LogP contribution in [0.1, 0.15) is 33.6 Å². The standard InChI is InChI=1S/C11H27NO5SSi/c1-7-11(2,3)18(13,14)12-9-8-10-19(15-4,16-5)17-6/h12H,7-10H2,1-6H3. The molecule has 0 unspecified atom stereocenters. The topological polar surface area (TPSA) is 73.9 Å². The van der Waals surface area contributed by atoms with E-state index in [0.29, 0.717) is 25.4 Å². The van der Waals surface area contributed by atoms with Crippen molar-refractivity contribution >= 4 is 18.8 Å². The molecule has 0 rings (SSSR count). The van der Waals surface area contributed by atoms with Gasteiger partial charge in [-0.2, -0.15) is 0 Å². The molecule has 0 spiro atoms. The van der Waals surface area contributed by atoms with E-state index >= 15 is 0 Å². The lowest BCUT2D eigenvalue weighted by molar-refractivity contribution is 0.123. The molecular weight excluding hydrogens is 286 g/mol. The van der Waals surface area contributed by atoms with Gasteiger partial charge in [-0.1, -0.05) is 6.92 Å². The summed E-state index contributed by atoms with van der Waals surface area (Å²) in [6.07, 6.45) is 1.18. The van der Waals surface area contributed by atoms with Crippen LogP contribution in [0.15, 0.2) is 0 Å². The van der Waals surface area contributed by atoms with Crippen molar-refractivity contribution in [2.24, 2.45) is 0 Å². The maximum atomic E-state index is 12.0. The van der Waals surface area contributed by atoms with Crippen LogP contribution in [0.5, 0.6) is 0 Å². The van der Waals surface area contributed by atoms with Crippen molar-refractivity contribution in [1.82, 2.24) is 4.72 Å². The second kappa shape index (κ2) is 7.70. The fraction of sp³-hybridized carbons (Fsp3) is 1.00. The van der Waals surface area contributed by atoms with Crippen LogP contribution in [0.3, 0.4) is 0 Å². The predicted molar refractivity (Wildman–Crippen MR) is 77.5 cm³/mol. The smallest absolute Gasteiger partial charge is 0.377 e. The molecule has 0 aromatic heterocycles. The Bertz CT molecular complexity index is 346. The van der Waals surface area contributed by atoms with Crippen molar-refractivity contribution in [2.45, 2.75) is 44.4 Å². The molecule has 6 nitrogen and oxygen atoms in total. The minimum absolute atomic E-state index is 0.358. The molecule has 0 saturated heterocycles. The second-order valence-electron chi connectivity index (χ2n) is 4.91. The lowest BCUT2D eigenvalue weighted by Gasteiger charge is -2.25. The maximum Gasteiger partial charge on any atom is 0.500 e. The summed E-state index contributed by atoms with van der Waals surface area (Å²) in [7, 11) is -1.27. The van der Waals surface area contributed by atoms with Crippen LogP contribution in [0.25, 0.3) is 0 Å². The van der Waals surface area contributed by atoms with Gasteiger partial charge in [0.25, 0.3) is 0 Å². The zero-order valence-electron chi connectivity index (χ0n) is 12.8. The molecule has 0 amide bonds. The summed E-state index contributed by atoms with van der Waals surface area (Å²) in [6, 6.07) is 0.575. The highest BCUT2D eigenvalue weighted by atomic mass is 32.2. The third-order valence-electron chi connectivity index (χ3n) is 3.46. The third kappa shape index (κ3) is 5.12. The number of hydrogen-bond donors (Lipinski definition) is 1. The van der Waals surface area contributed by atoms with E-state index in [9.17, 15) is 8.42 Å². The van der Waals surface area contributed by atoms with Crippen molar-refractivity contribution in [2.75, 3.05) is 27.9 Å². The Kier molecular flexibility index (Phi) is 7.70. The van der Waals surface area contributed by atoms with E-state index in [1.807, 2.05) is 6.92 Å². The molecule has 0 aromatic rings. The molecule has 1 N–H and O–H groups in total. The first-order valence-electron chi connectivity index (χ1n) is 6.35.